The Morgan fingerprint density at radius 3 is 2.28 bits per heavy atom. The Kier molecular flexibility index (Phi) is 12.8. The number of carbonyl (C=O) groups excluding carboxylic acids is 3. The fourth-order valence-electron chi connectivity index (χ4n) is 6.06. The standard InChI is InChI=1S/C41H44N4O8/c1-4-20-45(21-12-15-37(46)47)40(50)33(26-42-38(48)27-13-10-8-7-9-11-14-27)43-39(49)30-17-16-29-23-36(52-34(29)24-30)32-22-28-18-19-31(44(5-2)6-3)25-35(28)53-41(32)51/h7-11,13-14,16-19,22-25,33H,4-6,12,15,20-21,26H2,1-3H3,(H,42,48)(H,43,49)(H,46,47)/b8-7-,9-7?,10-8?,11-9-,13-10-,14-11?,27-13?,27-14+. The molecule has 1 aliphatic rings. The summed E-state index contributed by atoms with van der Waals surface area (Å²) in [5.74, 6) is -2.18. The molecule has 2 heterocycles. The van der Waals surface area contributed by atoms with E-state index >= 15 is 0 Å². The molecule has 12 nitrogen and oxygen atoms in total. The maximum Gasteiger partial charge on any atom is 0.347 e. The number of aliphatic carboxylic acids is 1. The molecular weight excluding hydrogens is 676 g/mol. The average Bonchev–Trinajstić information content (AvgIpc) is 3.56. The summed E-state index contributed by atoms with van der Waals surface area (Å²) in [5.41, 5.74) is 1.97. The molecule has 53 heavy (non-hydrogen) atoms. The molecule has 12 heteroatoms. The van der Waals surface area contributed by atoms with Crippen LogP contribution < -0.4 is 21.2 Å². The van der Waals surface area contributed by atoms with Crippen molar-refractivity contribution < 1.29 is 33.1 Å². The SMILES string of the molecule is CCCN(CCCC(=O)O)C(=O)C(CNC(=O)C1=C/C=C\C=C/C=C\1)NC(=O)c1ccc2cc(-c3cc4ccc(N(CC)CC)cc4oc3=O)oc2c1. The quantitative estimate of drug-likeness (QED) is 0.118. The summed E-state index contributed by atoms with van der Waals surface area (Å²) < 4.78 is 11.8. The zero-order valence-electron chi connectivity index (χ0n) is 30.1. The minimum Gasteiger partial charge on any atom is -0.481 e. The van der Waals surface area contributed by atoms with E-state index in [-0.39, 0.29) is 42.8 Å². The van der Waals surface area contributed by atoms with Crippen molar-refractivity contribution in [3.63, 3.8) is 0 Å². The molecule has 4 aromatic rings. The van der Waals surface area contributed by atoms with Crippen molar-refractivity contribution in [1.29, 1.82) is 0 Å². The Morgan fingerprint density at radius 2 is 1.53 bits per heavy atom. The highest BCUT2D eigenvalue weighted by Crippen LogP contribution is 2.30. The number of benzene rings is 2. The minimum atomic E-state index is -1.16. The number of carboxylic acids is 1. The van der Waals surface area contributed by atoms with Crippen LogP contribution >= 0.6 is 0 Å². The number of carbonyl (C=O) groups is 4. The van der Waals surface area contributed by atoms with Crippen molar-refractivity contribution in [3.8, 4) is 11.3 Å². The fraction of sp³-hybridized carbons (Fsp3) is 0.293. The zero-order chi connectivity index (χ0) is 37.9. The molecular formula is C41H44N4O8. The first-order valence-corrected chi connectivity index (χ1v) is 17.8. The Bertz CT molecular complexity index is 2170. The van der Waals surface area contributed by atoms with Crippen molar-refractivity contribution in [2.24, 2.45) is 0 Å². The van der Waals surface area contributed by atoms with E-state index in [1.165, 1.54) is 11.0 Å². The monoisotopic (exact) mass is 720 g/mol. The third kappa shape index (κ3) is 9.59. The molecule has 1 unspecified atom stereocenters. The summed E-state index contributed by atoms with van der Waals surface area (Å²) in [4.78, 5) is 68.6. The number of hydrogen-bond acceptors (Lipinski definition) is 8. The molecule has 3 amide bonds. The topological polar surface area (TPSA) is 162 Å². The molecule has 276 valence electrons. The lowest BCUT2D eigenvalue weighted by molar-refractivity contribution is -0.138. The van der Waals surface area contributed by atoms with E-state index in [1.54, 1.807) is 60.7 Å². The summed E-state index contributed by atoms with van der Waals surface area (Å²) in [6, 6.07) is 12.8. The first-order chi connectivity index (χ1) is 25.6. The molecule has 3 N–H and O–H groups in total. The second kappa shape index (κ2) is 17.9. The second-order valence-electron chi connectivity index (χ2n) is 12.5. The fourth-order valence-corrected chi connectivity index (χ4v) is 6.06. The largest absolute Gasteiger partial charge is 0.481 e. The number of nitrogens with one attached hydrogen (secondary N) is 2. The number of fused-ring (bicyclic) bond motifs is 2. The number of nitrogens with zero attached hydrogens (tertiary/aromatic N) is 2. The lowest BCUT2D eigenvalue weighted by Crippen LogP contribution is -2.54. The first-order valence-electron chi connectivity index (χ1n) is 17.8. The van der Waals surface area contributed by atoms with E-state index < -0.39 is 35.4 Å². The number of hydrogen-bond donors (Lipinski definition) is 3. The van der Waals surface area contributed by atoms with Crippen molar-refractivity contribution >= 4 is 51.3 Å². The van der Waals surface area contributed by atoms with E-state index in [9.17, 15) is 24.0 Å². The normalized spacial score (nSPS) is 15.7. The Hall–Kier alpha value is -6.17. The Morgan fingerprint density at radius 1 is 0.811 bits per heavy atom. The number of amides is 3. The van der Waals surface area contributed by atoms with Crippen molar-refractivity contribution in [2.75, 3.05) is 37.6 Å². The highest BCUT2D eigenvalue weighted by molar-refractivity contribution is 6.01. The van der Waals surface area contributed by atoms with Gasteiger partial charge in [-0.1, -0.05) is 43.4 Å². The van der Waals surface area contributed by atoms with Gasteiger partial charge in [0.05, 0.1) is 0 Å². The maximum absolute atomic E-state index is 13.8. The van der Waals surface area contributed by atoms with Gasteiger partial charge < -0.3 is 34.4 Å². The van der Waals surface area contributed by atoms with Gasteiger partial charge >= 0.3 is 11.6 Å². The number of anilines is 1. The van der Waals surface area contributed by atoms with Crippen LogP contribution in [-0.4, -0.2) is 72.5 Å². The van der Waals surface area contributed by atoms with Crippen LogP contribution in [-0.2, 0) is 14.4 Å². The molecule has 2 aromatic heterocycles. The smallest absolute Gasteiger partial charge is 0.347 e. The lowest BCUT2D eigenvalue weighted by atomic mass is 10.1. The molecule has 0 aliphatic heterocycles. The lowest BCUT2D eigenvalue weighted by Gasteiger charge is -2.28. The van der Waals surface area contributed by atoms with Gasteiger partial charge in [0.1, 0.15) is 28.5 Å². The highest BCUT2D eigenvalue weighted by atomic mass is 16.4. The number of furan rings is 1. The van der Waals surface area contributed by atoms with E-state index in [1.807, 2.05) is 31.2 Å². The molecule has 5 rings (SSSR count). The van der Waals surface area contributed by atoms with Crippen LogP contribution in [0.5, 0.6) is 0 Å². The highest BCUT2D eigenvalue weighted by Gasteiger charge is 2.27. The van der Waals surface area contributed by atoms with Gasteiger partial charge in [0.15, 0.2) is 0 Å². The van der Waals surface area contributed by atoms with Crippen molar-refractivity contribution in [1.82, 2.24) is 15.5 Å². The van der Waals surface area contributed by atoms with Crippen LogP contribution in [0.1, 0.15) is 50.4 Å². The van der Waals surface area contributed by atoms with Crippen LogP contribution in [0.4, 0.5) is 5.69 Å². The third-order valence-corrected chi connectivity index (χ3v) is 8.85. The minimum absolute atomic E-state index is 0.117. The van der Waals surface area contributed by atoms with Gasteiger partial charge in [-0.25, -0.2) is 4.79 Å². The van der Waals surface area contributed by atoms with E-state index in [4.69, 9.17) is 13.9 Å². The number of carboxylic acid groups (broad SMARTS) is 1. The zero-order valence-corrected chi connectivity index (χ0v) is 30.1. The van der Waals surface area contributed by atoms with Gasteiger partial charge in [-0.15, -0.1) is 0 Å². The van der Waals surface area contributed by atoms with E-state index in [0.29, 0.717) is 35.1 Å². The van der Waals surface area contributed by atoms with Crippen molar-refractivity contribution in [2.45, 2.75) is 46.1 Å². The van der Waals surface area contributed by atoms with Crippen LogP contribution in [0.3, 0.4) is 0 Å². The van der Waals surface area contributed by atoms with Gasteiger partial charge in [-0.05, 0) is 75.2 Å². The predicted molar refractivity (Wildman–Crippen MR) is 205 cm³/mol. The molecule has 0 fully saturated rings. The van der Waals surface area contributed by atoms with Crippen LogP contribution in [0, 0.1) is 0 Å². The van der Waals surface area contributed by atoms with Crippen molar-refractivity contribution in [3.05, 3.63) is 113 Å². The molecule has 0 saturated carbocycles. The summed E-state index contributed by atoms with van der Waals surface area (Å²) >= 11 is 0. The predicted octanol–water partition coefficient (Wildman–Crippen LogP) is 5.98. The van der Waals surface area contributed by atoms with Gasteiger partial charge in [0.2, 0.25) is 5.91 Å². The Labute approximate surface area is 307 Å². The molecule has 1 atom stereocenters. The summed E-state index contributed by atoms with van der Waals surface area (Å²) in [5, 5.41) is 16.0. The molecule has 1 aliphatic carbocycles. The first kappa shape index (κ1) is 38.1. The Balaban J connectivity index is 1.38. The maximum atomic E-state index is 13.8. The van der Waals surface area contributed by atoms with Gasteiger partial charge in [0, 0.05) is 72.8 Å². The molecule has 0 bridgehead atoms. The van der Waals surface area contributed by atoms with Gasteiger partial charge in [-0.2, -0.15) is 0 Å². The molecule has 0 saturated heterocycles. The molecule has 0 radical (unpaired) electrons. The van der Waals surface area contributed by atoms with Crippen LogP contribution in [0.15, 0.2) is 110 Å². The number of allylic oxidation sites excluding steroid dienone is 6. The molecule has 0 spiro atoms. The molecule has 2 aromatic carbocycles. The summed E-state index contributed by atoms with van der Waals surface area (Å²) in [6.45, 7) is 7.93. The van der Waals surface area contributed by atoms with Gasteiger partial charge in [0.25, 0.3) is 11.8 Å². The van der Waals surface area contributed by atoms with Crippen LogP contribution in [0.2, 0.25) is 0 Å². The summed E-state index contributed by atoms with van der Waals surface area (Å²) in [7, 11) is 0. The second-order valence-corrected chi connectivity index (χ2v) is 12.5. The van der Waals surface area contributed by atoms with Gasteiger partial charge in [-0.3, -0.25) is 19.2 Å². The van der Waals surface area contributed by atoms with Crippen LogP contribution in [0.25, 0.3) is 33.3 Å². The van der Waals surface area contributed by atoms with E-state index in [0.717, 1.165) is 24.2 Å². The summed E-state index contributed by atoms with van der Waals surface area (Å²) in [6.07, 6.45) is 12.8. The third-order valence-electron chi connectivity index (χ3n) is 8.85. The van der Waals surface area contributed by atoms with E-state index in [2.05, 4.69) is 29.4 Å². The number of rotatable bonds is 16. The average molecular weight is 721 g/mol.